The van der Waals surface area contributed by atoms with Crippen LogP contribution in [0.15, 0.2) is 24.3 Å². The van der Waals surface area contributed by atoms with E-state index < -0.39 is 0 Å². The largest absolute Gasteiger partial charge is 0.326 e. The average Bonchev–Trinajstić information content (AvgIpc) is 2.79. The fraction of sp³-hybridized carbons (Fsp3) is 0.538. The number of nitrogens with two attached hydrogens (primary N) is 1. The van der Waals surface area contributed by atoms with E-state index in [9.17, 15) is 4.39 Å². The molecular formula is C13H18FN. The molecule has 0 radical (unpaired) electrons. The Morgan fingerprint density at radius 2 is 1.87 bits per heavy atom. The van der Waals surface area contributed by atoms with Gasteiger partial charge in [0.1, 0.15) is 0 Å². The first-order valence-electron chi connectivity index (χ1n) is 5.67. The molecule has 1 nitrogen and oxygen atoms in total. The lowest BCUT2D eigenvalue weighted by Crippen LogP contribution is -2.26. The van der Waals surface area contributed by atoms with Crippen LogP contribution >= 0.6 is 0 Å². The van der Waals surface area contributed by atoms with Crippen molar-refractivity contribution in [1.82, 2.24) is 0 Å². The summed E-state index contributed by atoms with van der Waals surface area (Å²) in [5.74, 6) is 0. The van der Waals surface area contributed by atoms with E-state index in [1.165, 1.54) is 0 Å². The first-order chi connectivity index (χ1) is 7.32. The van der Waals surface area contributed by atoms with Gasteiger partial charge in [0.15, 0.2) is 0 Å². The second-order valence-corrected chi connectivity index (χ2v) is 4.48. The van der Waals surface area contributed by atoms with Crippen molar-refractivity contribution in [2.75, 3.05) is 6.67 Å². The van der Waals surface area contributed by atoms with Crippen LogP contribution in [0.1, 0.15) is 36.8 Å². The average molecular weight is 207 g/mol. The van der Waals surface area contributed by atoms with Crippen LogP contribution in [0.25, 0.3) is 0 Å². The van der Waals surface area contributed by atoms with E-state index in [1.54, 1.807) is 0 Å². The van der Waals surface area contributed by atoms with Crippen LogP contribution in [-0.2, 0) is 12.0 Å². The molecular weight excluding hydrogens is 189 g/mol. The van der Waals surface area contributed by atoms with E-state index >= 15 is 0 Å². The maximum Gasteiger partial charge on any atom is 0.0991 e. The molecule has 0 heterocycles. The molecule has 0 saturated heterocycles. The molecule has 0 aliphatic heterocycles. The Kier molecular flexibility index (Phi) is 3.06. The highest BCUT2D eigenvalue weighted by Crippen LogP contribution is 2.42. The van der Waals surface area contributed by atoms with Crippen molar-refractivity contribution < 1.29 is 4.39 Å². The lowest BCUT2D eigenvalue weighted by atomic mass is 9.78. The van der Waals surface area contributed by atoms with Gasteiger partial charge in [-0.1, -0.05) is 37.1 Å². The van der Waals surface area contributed by atoms with Crippen molar-refractivity contribution in [2.24, 2.45) is 5.73 Å². The third-order valence-electron chi connectivity index (χ3n) is 3.63. The minimum absolute atomic E-state index is 0.226. The standard InChI is InChI=1S/C13H18FN/c14-10-13(7-3-4-8-13)12-6-2-1-5-11(12)9-15/h1-2,5-6H,3-4,7-10,15H2. The minimum Gasteiger partial charge on any atom is -0.326 e. The number of benzene rings is 1. The summed E-state index contributed by atoms with van der Waals surface area (Å²) in [6.07, 6.45) is 4.23. The molecule has 0 bridgehead atoms. The smallest absolute Gasteiger partial charge is 0.0991 e. The Hall–Kier alpha value is -0.890. The fourth-order valence-electron chi connectivity index (χ4n) is 2.74. The summed E-state index contributed by atoms with van der Waals surface area (Å²) in [4.78, 5) is 0. The van der Waals surface area contributed by atoms with Crippen LogP contribution in [0.5, 0.6) is 0 Å². The number of alkyl halides is 1. The maximum absolute atomic E-state index is 13.3. The number of hydrogen-bond donors (Lipinski definition) is 1. The van der Waals surface area contributed by atoms with Gasteiger partial charge in [0.05, 0.1) is 6.67 Å². The molecule has 0 unspecified atom stereocenters. The molecule has 1 aliphatic rings. The summed E-state index contributed by atoms with van der Waals surface area (Å²) in [5.41, 5.74) is 7.74. The molecule has 1 aromatic carbocycles. The predicted octanol–water partition coefficient (Wildman–Crippen LogP) is 2.93. The molecule has 1 aliphatic carbocycles. The Labute approximate surface area is 90.5 Å². The normalized spacial score (nSPS) is 19.3. The Morgan fingerprint density at radius 3 is 2.47 bits per heavy atom. The highest BCUT2D eigenvalue weighted by molar-refractivity contribution is 5.35. The van der Waals surface area contributed by atoms with Crippen LogP contribution in [0.4, 0.5) is 4.39 Å². The summed E-state index contributed by atoms with van der Waals surface area (Å²) >= 11 is 0. The van der Waals surface area contributed by atoms with Gasteiger partial charge in [0.2, 0.25) is 0 Å². The van der Waals surface area contributed by atoms with E-state index in [2.05, 4.69) is 0 Å². The van der Waals surface area contributed by atoms with Crippen LogP contribution in [-0.4, -0.2) is 6.67 Å². The molecule has 0 spiro atoms. The molecule has 2 heteroatoms. The van der Waals surface area contributed by atoms with Gasteiger partial charge in [0, 0.05) is 12.0 Å². The number of rotatable bonds is 3. The monoisotopic (exact) mass is 207 g/mol. The van der Waals surface area contributed by atoms with Crippen molar-refractivity contribution in [3.63, 3.8) is 0 Å². The van der Waals surface area contributed by atoms with E-state index in [0.717, 1.165) is 36.8 Å². The summed E-state index contributed by atoms with van der Waals surface area (Å²) in [5, 5.41) is 0. The highest BCUT2D eigenvalue weighted by atomic mass is 19.1. The zero-order valence-electron chi connectivity index (χ0n) is 9.01. The lowest BCUT2D eigenvalue weighted by Gasteiger charge is -2.28. The Bertz CT molecular complexity index is 329. The molecule has 0 aromatic heterocycles. The summed E-state index contributed by atoms with van der Waals surface area (Å²) in [7, 11) is 0. The minimum atomic E-state index is -0.246. The topological polar surface area (TPSA) is 26.0 Å². The molecule has 1 fully saturated rings. The lowest BCUT2D eigenvalue weighted by molar-refractivity contribution is 0.308. The van der Waals surface area contributed by atoms with Crippen LogP contribution in [0.2, 0.25) is 0 Å². The SMILES string of the molecule is NCc1ccccc1C1(CF)CCCC1. The molecule has 0 amide bonds. The quantitative estimate of drug-likeness (QED) is 0.810. The highest BCUT2D eigenvalue weighted by Gasteiger charge is 2.36. The summed E-state index contributed by atoms with van der Waals surface area (Å²) < 4.78 is 13.3. The molecule has 0 atom stereocenters. The Balaban J connectivity index is 2.41. The van der Waals surface area contributed by atoms with E-state index in [0.29, 0.717) is 6.54 Å². The molecule has 2 N–H and O–H groups in total. The Morgan fingerprint density at radius 1 is 1.20 bits per heavy atom. The van der Waals surface area contributed by atoms with Gasteiger partial charge in [-0.15, -0.1) is 0 Å². The van der Waals surface area contributed by atoms with Crippen LogP contribution < -0.4 is 5.73 Å². The third kappa shape index (κ3) is 1.78. The predicted molar refractivity (Wildman–Crippen MR) is 60.5 cm³/mol. The van der Waals surface area contributed by atoms with Crippen molar-refractivity contribution in [2.45, 2.75) is 37.6 Å². The zero-order chi connectivity index (χ0) is 10.7. The molecule has 2 rings (SSSR count). The van der Waals surface area contributed by atoms with Crippen LogP contribution in [0.3, 0.4) is 0 Å². The summed E-state index contributed by atoms with van der Waals surface area (Å²) in [6.45, 7) is 0.266. The van der Waals surface area contributed by atoms with Gasteiger partial charge >= 0.3 is 0 Å². The first kappa shape index (κ1) is 10.6. The maximum atomic E-state index is 13.3. The number of hydrogen-bond acceptors (Lipinski definition) is 1. The van der Waals surface area contributed by atoms with Gasteiger partial charge in [-0.3, -0.25) is 4.39 Å². The molecule has 1 aromatic rings. The summed E-state index contributed by atoms with van der Waals surface area (Å²) in [6, 6.07) is 8.04. The van der Waals surface area contributed by atoms with E-state index in [1.807, 2.05) is 24.3 Å². The van der Waals surface area contributed by atoms with Gasteiger partial charge in [0.25, 0.3) is 0 Å². The second kappa shape index (κ2) is 4.31. The second-order valence-electron chi connectivity index (χ2n) is 4.48. The van der Waals surface area contributed by atoms with Gasteiger partial charge in [-0.2, -0.15) is 0 Å². The van der Waals surface area contributed by atoms with Gasteiger partial charge < -0.3 is 5.73 Å². The van der Waals surface area contributed by atoms with E-state index in [-0.39, 0.29) is 12.1 Å². The van der Waals surface area contributed by atoms with Crippen LogP contribution in [0, 0.1) is 0 Å². The zero-order valence-corrected chi connectivity index (χ0v) is 9.01. The fourth-order valence-corrected chi connectivity index (χ4v) is 2.74. The molecule has 82 valence electrons. The molecule has 1 saturated carbocycles. The van der Waals surface area contributed by atoms with Crippen molar-refractivity contribution in [1.29, 1.82) is 0 Å². The van der Waals surface area contributed by atoms with Crippen molar-refractivity contribution in [3.8, 4) is 0 Å². The van der Waals surface area contributed by atoms with Crippen molar-refractivity contribution in [3.05, 3.63) is 35.4 Å². The third-order valence-corrected chi connectivity index (χ3v) is 3.63. The van der Waals surface area contributed by atoms with Crippen molar-refractivity contribution >= 4 is 0 Å². The van der Waals surface area contributed by atoms with E-state index in [4.69, 9.17) is 5.73 Å². The van der Waals surface area contributed by atoms with Gasteiger partial charge in [-0.25, -0.2) is 0 Å². The number of halogens is 1. The molecule has 15 heavy (non-hydrogen) atoms. The van der Waals surface area contributed by atoms with Gasteiger partial charge in [-0.05, 0) is 24.0 Å². The first-order valence-corrected chi connectivity index (χ1v) is 5.67.